The molecular formula is C36H45FN2O4. The van der Waals surface area contributed by atoms with E-state index in [4.69, 9.17) is 14.5 Å². The van der Waals surface area contributed by atoms with Crippen LogP contribution in [0.2, 0.25) is 0 Å². The lowest BCUT2D eigenvalue weighted by Crippen LogP contribution is -2.43. The summed E-state index contributed by atoms with van der Waals surface area (Å²) in [5.74, 6) is -0.507. The van der Waals surface area contributed by atoms with E-state index >= 15 is 0 Å². The minimum Gasteiger partial charge on any atom is -0.493 e. The molecule has 1 saturated carbocycles. The topological polar surface area (TPSA) is 71.9 Å². The molecule has 230 valence electrons. The molecule has 1 spiro atoms. The summed E-state index contributed by atoms with van der Waals surface area (Å²) < 4.78 is 25.5. The molecule has 3 aromatic rings. The molecule has 6 nitrogen and oxygen atoms in total. The van der Waals surface area contributed by atoms with Gasteiger partial charge in [0.2, 0.25) is 0 Å². The van der Waals surface area contributed by atoms with Crippen LogP contribution in [-0.2, 0) is 16.0 Å². The number of halogens is 1. The van der Waals surface area contributed by atoms with Crippen molar-refractivity contribution < 1.29 is 23.8 Å². The van der Waals surface area contributed by atoms with Gasteiger partial charge >= 0.3 is 5.97 Å². The molecule has 0 radical (unpaired) electrons. The molecule has 2 heterocycles. The normalized spacial score (nSPS) is 17.3. The summed E-state index contributed by atoms with van der Waals surface area (Å²) in [6.45, 7) is 11.9. The molecule has 0 amide bonds. The Bertz CT molecular complexity index is 1420. The van der Waals surface area contributed by atoms with Crippen molar-refractivity contribution in [2.45, 2.75) is 91.3 Å². The van der Waals surface area contributed by atoms with Gasteiger partial charge in [-0.3, -0.25) is 4.98 Å². The van der Waals surface area contributed by atoms with Crippen LogP contribution in [0.5, 0.6) is 5.75 Å². The predicted molar refractivity (Wildman–Crippen MR) is 168 cm³/mol. The number of carboxylic acids is 1. The molecule has 1 unspecified atom stereocenters. The summed E-state index contributed by atoms with van der Waals surface area (Å²) in [7, 11) is 0. The first-order valence-corrected chi connectivity index (χ1v) is 15.6. The van der Waals surface area contributed by atoms with Gasteiger partial charge in [0.25, 0.3) is 0 Å². The number of rotatable bonds is 9. The minimum atomic E-state index is -1.14. The highest BCUT2D eigenvalue weighted by atomic mass is 19.1. The second-order valence-corrected chi connectivity index (χ2v) is 13.3. The highest BCUT2D eigenvalue weighted by Crippen LogP contribution is 2.49. The van der Waals surface area contributed by atoms with Crippen molar-refractivity contribution >= 4 is 11.7 Å². The number of nitrogens with zero attached hydrogens (tertiary/aromatic N) is 2. The lowest BCUT2D eigenvalue weighted by atomic mass is 9.77. The summed E-state index contributed by atoms with van der Waals surface area (Å²) in [6, 6.07) is 14.5. The van der Waals surface area contributed by atoms with E-state index < -0.39 is 17.7 Å². The second-order valence-electron chi connectivity index (χ2n) is 13.3. The predicted octanol–water partition coefficient (Wildman–Crippen LogP) is 8.23. The fourth-order valence-electron chi connectivity index (χ4n) is 7.01. The van der Waals surface area contributed by atoms with E-state index in [1.54, 1.807) is 12.1 Å². The first-order valence-electron chi connectivity index (χ1n) is 15.6. The Balaban J connectivity index is 1.52. The van der Waals surface area contributed by atoms with Crippen molar-refractivity contribution in [3.05, 3.63) is 76.9 Å². The van der Waals surface area contributed by atoms with Crippen molar-refractivity contribution in [2.75, 3.05) is 24.6 Å². The molecule has 2 fully saturated rings. The number of carbonyl (C=O) groups is 1. The molecule has 2 aliphatic rings. The molecular weight excluding hydrogens is 543 g/mol. The first kappa shape index (κ1) is 31.0. The number of aliphatic carboxylic acids is 1. The molecule has 1 atom stereocenters. The van der Waals surface area contributed by atoms with Crippen molar-refractivity contribution in [1.29, 1.82) is 0 Å². The third kappa shape index (κ3) is 7.20. The van der Waals surface area contributed by atoms with Crippen LogP contribution in [0.15, 0.2) is 48.5 Å². The summed E-state index contributed by atoms with van der Waals surface area (Å²) in [5, 5.41) is 10.5. The summed E-state index contributed by atoms with van der Waals surface area (Å²) in [5.41, 5.74) is 5.73. The van der Waals surface area contributed by atoms with Crippen LogP contribution in [0, 0.1) is 25.1 Å². The fourth-order valence-corrected chi connectivity index (χ4v) is 7.01. The van der Waals surface area contributed by atoms with E-state index in [1.807, 2.05) is 58.9 Å². The number of ether oxygens (including phenoxy) is 2. The van der Waals surface area contributed by atoms with Gasteiger partial charge in [-0.1, -0.05) is 37.1 Å². The van der Waals surface area contributed by atoms with Crippen molar-refractivity contribution in [3.63, 3.8) is 0 Å². The van der Waals surface area contributed by atoms with Crippen LogP contribution in [0.1, 0.15) is 87.9 Å². The van der Waals surface area contributed by atoms with E-state index in [0.29, 0.717) is 24.3 Å². The molecule has 43 heavy (non-hydrogen) atoms. The van der Waals surface area contributed by atoms with Crippen LogP contribution in [0.4, 0.5) is 10.1 Å². The molecule has 1 aliphatic heterocycles. The number of aryl methyl sites for hydroxylation is 2. The van der Waals surface area contributed by atoms with Crippen LogP contribution in [0.3, 0.4) is 0 Å². The monoisotopic (exact) mass is 588 g/mol. The van der Waals surface area contributed by atoms with E-state index in [-0.39, 0.29) is 11.2 Å². The largest absolute Gasteiger partial charge is 0.493 e. The molecule has 2 aromatic carbocycles. The van der Waals surface area contributed by atoms with Crippen LogP contribution >= 0.6 is 0 Å². The number of anilines is 1. The Morgan fingerprint density at radius 2 is 1.65 bits per heavy atom. The van der Waals surface area contributed by atoms with E-state index in [1.165, 1.54) is 44.2 Å². The SMILES string of the molecule is Cc1nc(C)c(C(OC(C)(C)C)C(=O)O)c(N2CCCC3(CCCC3)C2)c1-c1ccc(OCCc2ccc(F)cc2)cc1. The van der Waals surface area contributed by atoms with E-state index in [9.17, 15) is 14.3 Å². The third-order valence-corrected chi connectivity index (χ3v) is 8.89. The van der Waals surface area contributed by atoms with Crippen LogP contribution in [0.25, 0.3) is 11.1 Å². The zero-order valence-electron chi connectivity index (χ0n) is 26.2. The number of aromatic nitrogens is 1. The third-order valence-electron chi connectivity index (χ3n) is 8.89. The van der Waals surface area contributed by atoms with Crippen LogP contribution in [-0.4, -0.2) is 41.4 Å². The molecule has 1 aliphatic carbocycles. The smallest absolute Gasteiger partial charge is 0.337 e. The van der Waals surface area contributed by atoms with Gasteiger partial charge in [0.1, 0.15) is 11.6 Å². The molecule has 1 N–H and O–H groups in total. The Morgan fingerprint density at radius 3 is 2.28 bits per heavy atom. The maximum Gasteiger partial charge on any atom is 0.337 e. The maximum atomic E-state index is 13.2. The van der Waals surface area contributed by atoms with Crippen molar-refractivity contribution in [2.24, 2.45) is 5.41 Å². The summed E-state index contributed by atoms with van der Waals surface area (Å²) in [4.78, 5) is 20.2. The van der Waals surface area contributed by atoms with Gasteiger partial charge in [0.15, 0.2) is 6.10 Å². The molecule has 1 saturated heterocycles. The average molecular weight is 589 g/mol. The van der Waals surface area contributed by atoms with Crippen molar-refractivity contribution in [3.8, 4) is 16.9 Å². The zero-order valence-corrected chi connectivity index (χ0v) is 26.2. The standard InChI is InChI=1S/C36H45FN2O4/c1-24-30(27-11-15-29(16-12-27)42-22-17-26-9-13-28(37)14-10-26)32(39-21-8-20-36(23-39)18-6-7-19-36)31(25(2)38-24)33(34(40)41)43-35(3,4)5/h9-16,33H,6-8,17-23H2,1-5H3,(H,40,41). The highest BCUT2D eigenvalue weighted by molar-refractivity contribution is 5.88. The number of carboxylic acid groups (broad SMARTS) is 1. The van der Waals surface area contributed by atoms with Gasteiger partial charge in [-0.25, -0.2) is 9.18 Å². The first-order chi connectivity index (χ1) is 20.4. The number of benzene rings is 2. The van der Waals surface area contributed by atoms with Gasteiger partial charge in [0, 0.05) is 42.0 Å². The molecule has 0 bridgehead atoms. The van der Waals surface area contributed by atoms with Crippen molar-refractivity contribution in [1.82, 2.24) is 4.98 Å². The summed E-state index contributed by atoms with van der Waals surface area (Å²) >= 11 is 0. The molecule has 5 rings (SSSR count). The Morgan fingerprint density at radius 1 is 1.00 bits per heavy atom. The van der Waals surface area contributed by atoms with E-state index in [2.05, 4.69) is 4.90 Å². The minimum absolute atomic E-state index is 0.244. The quantitative estimate of drug-likeness (QED) is 0.272. The number of pyridine rings is 1. The van der Waals surface area contributed by atoms with Crippen LogP contribution < -0.4 is 9.64 Å². The number of hydrogen-bond donors (Lipinski definition) is 1. The lowest BCUT2D eigenvalue weighted by Gasteiger charge is -2.44. The Kier molecular flexibility index (Phi) is 9.12. The van der Waals surface area contributed by atoms with Gasteiger partial charge in [-0.2, -0.15) is 0 Å². The van der Waals surface area contributed by atoms with Gasteiger partial charge < -0.3 is 19.5 Å². The fraction of sp³-hybridized carbons (Fsp3) is 0.500. The lowest BCUT2D eigenvalue weighted by molar-refractivity contribution is -0.160. The maximum absolute atomic E-state index is 13.2. The average Bonchev–Trinajstić information content (AvgIpc) is 3.40. The Hall–Kier alpha value is -3.45. The van der Waals surface area contributed by atoms with Gasteiger partial charge in [-0.05, 0) is 101 Å². The van der Waals surface area contributed by atoms with E-state index in [0.717, 1.165) is 53.3 Å². The zero-order chi connectivity index (χ0) is 30.8. The van der Waals surface area contributed by atoms with Gasteiger partial charge in [-0.15, -0.1) is 0 Å². The summed E-state index contributed by atoms with van der Waals surface area (Å²) in [6.07, 6.45) is 6.81. The number of hydrogen-bond acceptors (Lipinski definition) is 5. The highest BCUT2D eigenvalue weighted by Gasteiger charge is 2.41. The second kappa shape index (κ2) is 12.7. The molecule has 7 heteroatoms. The van der Waals surface area contributed by atoms with Gasteiger partial charge in [0.05, 0.1) is 17.9 Å². The number of piperidine rings is 1. The molecule has 1 aromatic heterocycles. The Labute approximate surface area is 255 Å².